The summed E-state index contributed by atoms with van der Waals surface area (Å²) in [7, 11) is 0. The van der Waals surface area contributed by atoms with Gasteiger partial charge in [0.05, 0.1) is 25.9 Å². The quantitative estimate of drug-likeness (QED) is 0.849. The van der Waals surface area contributed by atoms with Gasteiger partial charge in [0, 0.05) is 6.54 Å². The largest absolute Gasteiger partial charge is 0.392 e. The van der Waals surface area contributed by atoms with E-state index < -0.39 is 5.79 Å². The van der Waals surface area contributed by atoms with E-state index in [1.54, 1.807) is 0 Å². The number of aliphatic hydroxyl groups is 1. The van der Waals surface area contributed by atoms with Crippen molar-refractivity contribution in [2.24, 2.45) is 0 Å². The Hall–Kier alpha value is -0.940. The summed E-state index contributed by atoms with van der Waals surface area (Å²) in [5.41, 5.74) is 2.10. The maximum Gasteiger partial charge on any atom is 0.162 e. The molecule has 18 heavy (non-hydrogen) atoms. The van der Waals surface area contributed by atoms with Gasteiger partial charge in [-0.1, -0.05) is 24.3 Å². The zero-order chi connectivity index (χ0) is 13.0. The molecule has 2 N–H and O–H groups in total. The van der Waals surface area contributed by atoms with Crippen LogP contribution in [0, 0.1) is 0 Å². The average molecular weight is 251 g/mol. The number of benzene rings is 1. The molecule has 0 spiro atoms. The molecular formula is C14H21NO3. The second kappa shape index (κ2) is 5.80. The number of hydrogen-bond donors (Lipinski definition) is 2. The van der Waals surface area contributed by atoms with E-state index in [9.17, 15) is 0 Å². The number of hydrogen-bond acceptors (Lipinski definition) is 4. The molecule has 1 heterocycles. The molecule has 1 aliphatic rings. The molecule has 100 valence electrons. The monoisotopic (exact) mass is 251 g/mol. The molecule has 1 saturated heterocycles. The maximum absolute atomic E-state index is 9.08. The lowest BCUT2D eigenvalue weighted by molar-refractivity contribution is -0.253. The van der Waals surface area contributed by atoms with Crippen LogP contribution < -0.4 is 5.32 Å². The van der Waals surface area contributed by atoms with Crippen molar-refractivity contribution in [3.05, 3.63) is 35.4 Å². The predicted octanol–water partition coefficient (Wildman–Crippen LogP) is 1.42. The molecule has 0 atom stereocenters. The average Bonchev–Trinajstić information content (AvgIpc) is 2.38. The third kappa shape index (κ3) is 3.78. The van der Waals surface area contributed by atoms with Crippen molar-refractivity contribution in [1.82, 2.24) is 5.32 Å². The molecule has 1 fully saturated rings. The number of rotatable bonds is 4. The van der Waals surface area contributed by atoms with Gasteiger partial charge in [0.1, 0.15) is 0 Å². The van der Waals surface area contributed by atoms with Gasteiger partial charge in [-0.05, 0) is 25.0 Å². The van der Waals surface area contributed by atoms with Crippen molar-refractivity contribution in [2.45, 2.75) is 38.8 Å². The van der Waals surface area contributed by atoms with Crippen molar-refractivity contribution in [3.63, 3.8) is 0 Å². The topological polar surface area (TPSA) is 50.7 Å². The van der Waals surface area contributed by atoms with E-state index >= 15 is 0 Å². The zero-order valence-corrected chi connectivity index (χ0v) is 11.0. The molecule has 4 nitrogen and oxygen atoms in total. The molecule has 0 saturated carbocycles. The SMILES string of the molecule is CC1(C)OCC(NCc2cccc(CO)c2)CO1. The van der Waals surface area contributed by atoms with Crippen molar-refractivity contribution in [1.29, 1.82) is 0 Å². The minimum Gasteiger partial charge on any atom is -0.392 e. The third-order valence-corrected chi connectivity index (χ3v) is 3.03. The lowest BCUT2D eigenvalue weighted by Gasteiger charge is -2.35. The number of aliphatic hydroxyl groups excluding tert-OH is 1. The zero-order valence-electron chi connectivity index (χ0n) is 11.0. The van der Waals surface area contributed by atoms with Crippen LogP contribution in [0.1, 0.15) is 25.0 Å². The summed E-state index contributed by atoms with van der Waals surface area (Å²) in [6.45, 7) is 6.00. The van der Waals surface area contributed by atoms with Gasteiger partial charge in [-0.15, -0.1) is 0 Å². The van der Waals surface area contributed by atoms with Gasteiger partial charge in [-0.3, -0.25) is 0 Å². The fraction of sp³-hybridized carbons (Fsp3) is 0.571. The summed E-state index contributed by atoms with van der Waals surface area (Å²) < 4.78 is 11.2. The summed E-state index contributed by atoms with van der Waals surface area (Å²) in [5.74, 6) is -0.463. The van der Waals surface area contributed by atoms with Gasteiger partial charge in [-0.2, -0.15) is 0 Å². The van der Waals surface area contributed by atoms with Crippen LogP contribution in [0.5, 0.6) is 0 Å². The van der Waals surface area contributed by atoms with Gasteiger partial charge < -0.3 is 19.9 Å². The van der Waals surface area contributed by atoms with E-state index in [0.29, 0.717) is 13.2 Å². The Morgan fingerprint density at radius 2 is 1.94 bits per heavy atom. The van der Waals surface area contributed by atoms with E-state index in [4.69, 9.17) is 14.6 Å². The Morgan fingerprint density at radius 1 is 1.28 bits per heavy atom. The Labute approximate surface area is 108 Å². The first-order chi connectivity index (χ1) is 8.59. The van der Waals surface area contributed by atoms with Gasteiger partial charge in [0.25, 0.3) is 0 Å². The highest BCUT2D eigenvalue weighted by Crippen LogP contribution is 2.17. The molecule has 0 aromatic heterocycles. The molecule has 0 unspecified atom stereocenters. The minimum atomic E-state index is -0.463. The van der Waals surface area contributed by atoms with Gasteiger partial charge >= 0.3 is 0 Å². The Kier molecular flexibility index (Phi) is 4.35. The van der Waals surface area contributed by atoms with Crippen LogP contribution >= 0.6 is 0 Å². The van der Waals surface area contributed by atoms with Gasteiger partial charge in [-0.25, -0.2) is 0 Å². The van der Waals surface area contributed by atoms with Gasteiger partial charge in [0.2, 0.25) is 0 Å². The van der Waals surface area contributed by atoms with Crippen molar-refractivity contribution in [2.75, 3.05) is 13.2 Å². The number of nitrogens with one attached hydrogen (secondary N) is 1. The highest BCUT2D eigenvalue weighted by Gasteiger charge is 2.27. The predicted molar refractivity (Wildman–Crippen MR) is 69.0 cm³/mol. The first kappa shape index (κ1) is 13.5. The second-order valence-corrected chi connectivity index (χ2v) is 5.08. The van der Waals surface area contributed by atoms with Crippen LogP contribution in [0.2, 0.25) is 0 Å². The smallest absolute Gasteiger partial charge is 0.162 e. The minimum absolute atomic E-state index is 0.0810. The van der Waals surface area contributed by atoms with Crippen molar-refractivity contribution < 1.29 is 14.6 Å². The van der Waals surface area contributed by atoms with Crippen LogP contribution in [-0.2, 0) is 22.6 Å². The fourth-order valence-corrected chi connectivity index (χ4v) is 1.91. The second-order valence-electron chi connectivity index (χ2n) is 5.08. The van der Waals surface area contributed by atoms with Gasteiger partial charge in [0.15, 0.2) is 5.79 Å². The molecule has 0 aliphatic carbocycles. The fourth-order valence-electron chi connectivity index (χ4n) is 1.91. The van der Waals surface area contributed by atoms with E-state index in [-0.39, 0.29) is 12.6 Å². The van der Waals surface area contributed by atoms with Crippen LogP contribution in [0.4, 0.5) is 0 Å². The normalized spacial score (nSPS) is 19.9. The lowest BCUT2D eigenvalue weighted by Crippen LogP contribution is -2.48. The summed E-state index contributed by atoms with van der Waals surface area (Å²) in [6.07, 6.45) is 0. The van der Waals surface area contributed by atoms with Crippen LogP contribution in [0.15, 0.2) is 24.3 Å². The van der Waals surface area contributed by atoms with E-state index in [1.165, 1.54) is 0 Å². The highest BCUT2D eigenvalue weighted by atomic mass is 16.7. The van der Waals surface area contributed by atoms with E-state index in [0.717, 1.165) is 17.7 Å². The molecule has 0 amide bonds. The first-order valence-electron chi connectivity index (χ1n) is 6.29. The molecule has 0 bridgehead atoms. The van der Waals surface area contributed by atoms with Crippen molar-refractivity contribution in [3.8, 4) is 0 Å². The Bertz CT molecular complexity index is 382. The summed E-state index contributed by atoms with van der Waals surface area (Å²) in [6, 6.07) is 8.14. The molecular weight excluding hydrogens is 230 g/mol. The lowest BCUT2D eigenvalue weighted by atomic mass is 10.1. The highest BCUT2D eigenvalue weighted by molar-refractivity contribution is 5.22. The summed E-state index contributed by atoms with van der Waals surface area (Å²) in [4.78, 5) is 0. The molecule has 1 aromatic rings. The standard InChI is InChI=1S/C14H21NO3/c1-14(2)17-9-13(10-18-14)15-7-11-4-3-5-12(6-11)8-16/h3-6,13,15-16H,7-10H2,1-2H3. The molecule has 1 aromatic carbocycles. The first-order valence-corrected chi connectivity index (χ1v) is 6.29. The van der Waals surface area contributed by atoms with E-state index in [2.05, 4.69) is 5.32 Å². The Morgan fingerprint density at radius 3 is 2.61 bits per heavy atom. The summed E-state index contributed by atoms with van der Waals surface area (Å²) >= 11 is 0. The van der Waals surface area contributed by atoms with E-state index in [1.807, 2.05) is 38.1 Å². The molecule has 1 aliphatic heterocycles. The van der Waals surface area contributed by atoms with Crippen molar-refractivity contribution >= 4 is 0 Å². The van der Waals surface area contributed by atoms with Crippen LogP contribution in [0.3, 0.4) is 0 Å². The molecule has 2 rings (SSSR count). The maximum atomic E-state index is 9.08. The third-order valence-electron chi connectivity index (χ3n) is 3.03. The molecule has 4 heteroatoms. The van der Waals surface area contributed by atoms with Crippen LogP contribution in [0.25, 0.3) is 0 Å². The Balaban J connectivity index is 1.81. The summed E-state index contributed by atoms with van der Waals surface area (Å²) in [5, 5.41) is 12.5. The number of ether oxygens (including phenoxy) is 2. The molecule has 0 radical (unpaired) electrons. The van der Waals surface area contributed by atoms with Crippen LogP contribution in [-0.4, -0.2) is 30.1 Å².